The second-order valence-electron chi connectivity index (χ2n) is 10.0. The van der Waals surface area contributed by atoms with Gasteiger partial charge in [-0.3, -0.25) is 9.59 Å². The monoisotopic (exact) mass is 542 g/mol. The van der Waals surface area contributed by atoms with Gasteiger partial charge in [-0.1, -0.05) is 18.2 Å². The van der Waals surface area contributed by atoms with Crippen LogP contribution in [0.15, 0.2) is 42.6 Å². The summed E-state index contributed by atoms with van der Waals surface area (Å²) in [6, 6.07) is 10.1. The van der Waals surface area contributed by atoms with Crippen molar-refractivity contribution in [1.82, 2.24) is 19.5 Å². The number of nitrogens with two attached hydrogens (primary N) is 2. The highest BCUT2D eigenvalue weighted by Crippen LogP contribution is 2.42. The summed E-state index contributed by atoms with van der Waals surface area (Å²) in [6.07, 6.45) is 4.23. The Hall–Kier alpha value is -4.84. The topological polar surface area (TPSA) is 165 Å². The van der Waals surface area contributed by atoms with Crippen LogP contribution in [0, 0.1) is 5.82 Å². The Balaban J connectivity index is 1.35. The SMILES string of the molecule is Cn1cc(Nc2nc(N)nc(-c3cccc(N4CCc5cc(C6CC6)cc(F)c5C4=O)c3CO)n2)cc1C(N)=O. The van der Waals surface area contributed by atoms with Crippen LogP contribution in [0.2, 0.25) is 0 Å². The Kier molecular flexibility index (Phi) is 6.18. The number of aromatic nitrogens is 4. The molecule has 1 aliphatic heterocycles. The van der Waals surface area contributed by atoms with Crippen molar-refractivity contribution in [3.05, 3.63) is 76.4 Å². The van der Waals surface area contributed by atoms with Crippen molar-refractivity contribution >= 4 is 35.1 Å². The van der Waals surface area contributed by atoms with Gasteiger partial charge in [0.1, 0.15) is 11.5 Å². The molecule has 12 heteroatoms. The molecule has 0 spiro atoms. The summed E-state index contributed by atoms with van der Waals surface area (Å²) in [4.78, 5) is 39.5. The molecule has 6 N–H and O–H groups in total. The van der Waals surface area contributed by atoms with Crippen molar-refractivity contribution in [2.24, 2.45) is 12.8 Å². The average Bonchev–Trinajstić information content (AvgIpc) is 3.70. The number of nitrogens with one attached hydrogen (secondary N) is 1. The molecule has 204 valence electrons. The van der Waals surface area contributed by atoms with E-state index in [1.165, 1.54) is 11.0 Å². The predicted octanol–water partition coefficient (Wildman–Crippen LogP) is 3.01. The van der Waals surface area contributed by atoms with E-state index in [-0.39, 0.29) is 29.0 Å². The molecule has 2 aromatic heterocycles. The number of carbonyl (C=O) groups excluding carboxylic acids is 2. The van der Waals surface area contributed by atoms with Crippen LogP contribution in [0.3, 0.4) is 0 Å². The number of nitrogens with zero attached hydrogens (tertiary/aromatic N) is 5. The molecule has 0 atom stereocenters. The van der Waals surface area contributed by atoms with E-state index < -0.39 is 24.2 Å². The molecule has 1 fully saturated rings. The normalized spacial score (nSPS) is 14.8. The van der Waals surface area contributed by atoms with Crippen LogP contribution in [0.5, 0.6) is 0 Å². The second-order valence-corrected chi connectivity index (χ2v) is 10.0. The zero-order valence-corrected chi connectivity index (χ0v) is 21.7. The Bertz CT molecular complexity index is 1680. The fourth-order valence-electron chi connectivity index (χ4n) is 5.25. The first-order chi connectivity index (χ1) is 19.2. The van der Waals surface area contributed by atoms with Gasteiger partial charge in [0.25, 0.3) is 11.8 Å². The summed E-state index contributed by atoms with van der Waals surface area (Å²) in [5, 5.41) is 13.4. The maximum absolute atomic E-state index is 15.2. The van der Waals surface area contributed by atoms with E-state index in [2.05, 4.69) is 20.3 Å². The van der Waals surface area contributed by atoms with Crippen molar-refractivity contribution < 1.29 is 19.1 Å². The van der Waals surface area contributed by atoms with E-state index >= 15 is 4.39 Å². The van der Waals surface area contributed by atoms with Gasteiger partial charge in [0, 0.05) is 30.9 Å². The van der Waals surface area contributed by atoms with E-state index in [1.807, 2.05) is 6.07 Å². The molecule has 6 rings (SSSR count). The molecule has 0 saturated heterocycles. The molecule has 0 bridgehead atoms. The fourth-order valence-corrected chi connectivity index (χ4v) is 5.25. The molecule has 4 aromatic rings. The molecule has 40 heavy (non-hydrogen) atoms. The Morgan fingerprint density at radius 2 is 2.00 bits per heavy atom. The third kappa shape index (κ3) is 4.51. The highest BCUT2D eigenvalue weighted by Gasteiger charge is 2.33. The number of aliphatic hydroxyl groups is 1. The van der Waals surface area contributed by atoms with Gasteiger partial charge in [0.05, 0.1) is 23.5 Å². The van der Waals surface area contributed by atoms with Gasteiger partial charge in [0.2, 0.25) is 11.9 Å². The number of anilines is 4. The first-order valence-corrected chi connectivity index (χ1v) is 12.9. The number of rotatable bonds is 7. The number of nitrogen functional groups attached to an aromatic ring is 1. The van der Waals surface area contributed by atoms with Crippen LogP contribution < -0.4 is 21.7 Å². The van der Waals surface area contributed by atoms with Crippen molar-refractivity contribution in [1.29, 1.82) is 0 Å². The molecule has 2 aromatic carbocycles. The van der Waals surface area contributed by atoms with Crippen LogP contribution in [0.25, 0.3) is 11.4 Å². The van der Waals surface area contributed by atoms with Crippen LogP contribution >= 0.6 is 0 Å². The zero-order chi connectivity index (χ0) is 28.1. The quantitative estimate of drug-likeness (QED) is 0.277. The van der Waals surface area contributed by atoms with Crippen LogP contribution in [-0.4, -0.2) is 43.0 Å². The Morgan fingerprint density at radius 1 is 1.20 bits per heavy atom. The lowest BCUT2D eigenvalue weighted by Crippen LogP contribution is -2.39. The van der Waals surface area contributed by atoms with Crippen LogP contribution in [-0.2, 0) is 20.1 Å². The predicted molar refractivity (Wildman–Crippen MR) is 147 cm³/mol. The lowest BCUT2D eigenvalue weighted by Gasteiger charge is -2.31. The number of amides is 2. The van der Waals surface area contributed by atoms with Gasteiger partial charge in [0.15, 0.2) is 5.82 Å². The fraction of sp³-hybridized carbons (Fsp3) is 0.250. The van der Waals surface area contributed by atoms with E-state index in [9.17, 15) is 14.7 Å². The van der Waals surface area contributed by atoms with Gasteiger partial charge in [-0.05, 0) is 54.5 Å². The van der Waals surface area contributed by atoms with Gasteiger partial charge in [-0.15, -0.1) is 0 Å². The molecule has 0 radical (unpaired) electrons. The maximum atomic E-state index is 15.2. The van der Waals surface area contributed by atoms with Gasteiger partial charge in [-0.2, -0.15) is 15.0 Å². The van der Waals surface area contributed by atoms with E-state index in [0.717, 1.165) is 18.4 Å². The summed E-state index contributed by atoms with van der Waals surface area (Å²) >= 11 is 0. The molecule has 11 nitrogen and oxygen atoms in total. The first-order valence-electron chi connectivity index (χ1n) is 12.9. The minimum absolute atomic E-state index is 0.0685. The number of aryl methyl sites for hydroxylation is 1. The summed E-state index contributed by atoms with van der Waals surface area (Å²) in [5.74, 6) is -0.993. The van der Waals surface area contributed by atoms with Gasteiger partial charge < -0.3 is 31.4 Å². The van der Waals surface area contributed by atoms with E-state index in [0.29, 0.717) is 46.9 Å². The summed E-state index contributed by atoms with van der Waals surface area (Å²) in [5.41, 5.74) is 15.2. The second kappa shape index (κ2) is 9.72. The molecule has 2 amide bonds. The number of aliphatic hydroxyl groups excluding tert-OH is 1. The van der Waals surface area contributed by atoms with Crippen molar-refractivity contribution in [3.8, 4) is 11.4 Å². The molecular weight excluding hydrogens is 515 g/mol. The highest BCUT2D eigenvalue weighted by molar-refractivity contribution is 6.09. The Morgan fingerprint density at radius 3 is 2.70 bits per heavy atom. The van der Waals surface area contributed by atoms with Gasteiger partial charge >= 0.3 is 0 Å². The van der Waals surface area contributed by atoms with Crippen molar-refractivity contribution in [3.63, 3.8) is 0 Å². The largest absolute Gasteiger partial charge is 0.392 e. The number of hydrogen-bond donors (Lipinski definition) is 4. The van der Waals surface area contributed by atoms with E-state index in [4.69, 9.17) is 11.5 Å². The van der Waals surface area contributed by atoms with Crippen molar-refractivity contribution in [2.75, 3.05) is 22.5 Å². The van der Waals surface area contributed by atoms with Crippen molar-refractivity contribution in [2.45, 2.75) is 31.8 Å². The van der Waals surface area contributed by atoms with Crippen LogP contribution in [0.4, 0.5) is 27.7 Å². The van der Waals surface area contributed by atoms with Gasteiger partial charge in [-0.25, -0.2) is 4.39 Å². The molecule has 1 saturated carbocycles. The third-order valence-electron chi connectivity index (χ3n) is 7.31. The molecule has 3 heterocycles. The molecule has 2 aliphatic rings. The minimum atomic E-state index is -0.589. The summed E-state index contributed by atoms with van der Waals surface area (Å²) < 4.78 is 16.7. The smallest absolute Gasteiger partial charge is 0.265 e. The average molecular weight is 543 g/mol. The molecule has 1 aliphatic carbocycles. The lowest BCUT2D eigenvalue weighted by atomic mass is 9.93. The number of carbonyl (C=O) groups is 2. The maximum Gasteiger partial charge on any atom is 0.265 e. The number of hydrogen-bond acceptors (Lipinski definition) is 8. The summed E-state index contributed by atoms with van der Waals surface area (Å²) in [6.45, 7) is -0.0988. The zero-order valence-electron chi connectivity index (χ0n) is 21.7. The lowest BCUT2D eigenvalue weighted by molar-refractivity contribution is 0.0972. The highest BCUT2D eigenvalue weighted by atomic mass is 19.1. The summed E-state index contributed by atoms with van der Waals surface area (Å²) in [7, 11) is 1.68. The Labute approximate surface area is 228 Å². The van der Waals surface area contributed by atoms with E-state index in [1.54, 1.807) is 42.1 Å². The van der Waals surface area contributed by atoms with Crippen LogP contribution in [0.1, 0.15) is 56.3 Å². The number of halogens is 1. The molecule has 0 unspecified atom stereocenters. The minimum Gasteiger partial charge on any atom is -0.392 e. The molecular formula is C28H27FN8O3. The third-order valence-corrected chi connectivity index (χ3v) is 7.31. The first kappa shape index (κ1) is 25.4. The standard InChI is InChI=1S/C28H27FN8O3/c1-36-12-17(11-22(36)24(30)39)32-28-34-25(33-27(31)35-28)18-3-2-4-21(19(18)13-38)37-8-7-15-9-16(14-5-6-14)10-20(29)23(15)26(37)40/h2-4,9-12,14,38H,5-8,13H2,1H3,(H2,30,39)(H3,31,32,33,34,35). The number of primary amides is 1. The number of benzene rings is 2. The number of fused-ring (bicyclic) bond motifs is 1.